The highest BCUT2D eigenvalue weighted by Crippen LogP contribution is 2.31. The summed E-state index contributed by atoms with van der Waals surface area (Å²) in [6, 6.07) is 8.17. The molecule has 2 N–H and O–H groups in total. The van der Waals surface area contributed by atoms with Gasteiger partial charge in [-0.25, -0.2) is 17.8 Å². The molecule has 2 atom stereocenters. The number of hydrogen-bond donors (Lipinski definition) is 2. The zero-order valence-corrected chi connectivity index (χ0v) is 16.5. The molecule has 31 heavy (non-hydrogen) atoms. The molecule has 2 heterocycles. The van der Waals surface area contributed by atoms with Crippen molar-refractivity contribution < 1.29 is 41.3 Å². The monoisotopic (exact) mass is 459 g/mol. The van der Waals surface area contributed by atoms with Crippen LogP contribution in [-0.4, -0.2) is 65.9 Å². The van der Waals surface area contributed by atoms with Gasteiger partial charge in [-0.1, -0.05) is 6.07 Å². The van der Waals surface area contributed by atoms with Crippen LogP contribution in [-0.2, 0) is 10.0 Å². The summed E-state index contributed by atoms with van der Waals surface area (Å²) in [6.07, 6.45) is -1.31. The number of nitrogens with zero attached hydrogens (tertiary/aromatic N) is 3. The number of rotatable bonds is 7. The third-order valence-corrected chi connectivity index (χ3v) is 6.26. The Labute approximate surface area is 174 Å². The molecule has 1 aromatic carbocycles. The SMILES string of the molecule is N#Cc1ccc(OC2CN(S(=O)(=O)c3cccc(OC(F)F)n3)C[C@@]2(O)CO)cc1F. The average molecular weight is 459 g/mol. The second-order valence-corrected chi connectivity index (χ2v) is 8.50. The Morgan fingerprint density at radius 1 is 1.35 bits per heavy atom. The van der Waals surface area contributed by atoms with Crippen LogP contribution in [0.15, 0.2) is 41.4 Å². The van der Waals surface area contributed by atoms with Crippen LogP contribution in [0.5, 0.6) is 11.6 Å². The Morgan fingerprint density at radius 3 is 2.71 bits per heavy atom. The summed E-state index contributed by atoms with van der Waals surface area (Å²) in [5.41, 5.74) is -2.29. The van der Waals surface area contributed by atoms with E-state index in [-0.39, 0.29) is 11.3 Å². The predicted octanol–water partition coefficient (Wildman–Crippen LogP) is 0.869. The van der Waals surface area contributed by atoms with Crippen molar-refractivity contribution in [1.29, 1.82) is 5.26 Å². The van der Waals surface area contributed by atoms with Crippen LogP contribution in [0, 0.1) is 17.1 Å². The predicted molar refractivity (Wildman–Crippen MR) is 97.2 cm³/mol. The zero-order valence-electron chi connectivity index (χ0n) is 15.7. The maximum Gasteiger partial charge on any atom is 0.388 e. The number of aromatic nitrogens is 1. The van der Waals surface area contributed by atoms with Crippen LogP contribution in [0.4, 0.5) is 13.2 Å². The van der Waals surface area contributed by atoms with Crippen molar-refractivity contribution in [3.8, 4) is 17.7 Å². The van der Waals surface area contributed by atoms with Crippen LogP contribution in [0.2, 0.25) is 0 Å². The lowest BCUT2D eigenvalue weighted by molar-refractivity contribution is -0.0641. The summed E-state index contributed by atoms with van der Waals surface area (Å²) in [6.45, 7) is -5.15. The first-order valence-corrected chi connectivity index (χ1v) is 10.1. The maximum absolute atomic E-state index is 13.8. The number of pyridine rings is 1. The number of aliphatic hydroxyl groups excluding tert-OH is 1. The van der Waals surface area contributed by atoms with E-state index in [1.807, 2.05) is 0 Å². The van der Waals surface area contributed by atoms with Gasteiger partial charge in [0.2, 0.25) is 5.88 Å². The van der Waals surface area contributed by atoms with Crippen molar-refractivity contribution in [3.63, 3.8) is 0 Å². The number of β-amino-alcohol motifs (C(OH)–C–C–N with tert-alkyl or cyclic N) is 1. The van der Waals surface area contributed by atoms with Crippen molar-refractivity contribution in [2.75, 3.05) is 19.7 Å². The van der Waals surface area contributed by atoms with E-state index in [9.17, 15) is 31.8 Å². The summed E-state index contributed by atoms with van der Waals surface area (Å²) in [5.74, 6) is -1.60. The van der Waals surface area contributed by atoms with Crippen molar-refractivity contribution in [2.45, 2.75) is 23.3 Å². The quantitative estimate of drug-likeness (QED) is 0.623. The van der Waals surface area contributed by atoms with E-state index in [0.717, 1.165) is 34.6 Å². The van der Waals surface area contributed by atoms with Gasteiger partial charge in [0.1, 0.15) is 29.3 Å². The Kier molecular flexibility index (Phi) is 6.37. The molecule has 1 saturated heterocycles. The summed E-state index contributed by atoms with van der Waals surface area (Å²) in [4.78, 5) is 3.55. The molecule has 0 saturated carbocycles. The zero-order chi connectivity index (χ0) is 22.8. The fourth-order valence-electron chi connectivity index (χ4n) is 2.96. The van der Waals surface area contributed by atoms with Crippen LogP contribution >= 0.6 is 0 Å². The molecule has 13 heteroatoms. The van der Waals surface area contributed by atoms with Crippen molar-refractivity contribution >= 4 is 10.0 Å². The van der Waals surface area contributed by atoms with Gasteiger partial charge >= 0.3 is 6.61 Å². The van der Waals surface area contributed by atoms with E-state index < -0.39 is 64.8 Å². The van der Waals surface area contributed by atoms with E-state index in [0.29, 0.717) is 0 Å². The van der Waals surface area contributed by atoms with Crippen LogP contribution in [0.3, 0.4) is 0 Å². The van der Waals surface area contributed by atoms with Gasteiger partial charge < -0.3 is 19.7 Å². The molecule has 0 aliphatic carbocycles. The Morgan fingerprint density at radius 2 is 2.10 bits per heavy atom. The highest BCUT2D eigenvalue weighted by atomic mass is 32.2. The fraction of sp³-hybridized carbons (Fsp3) is 0.333. The molecule has 1 unspecified atom stereocenters. The molecule has 3 rings (SSSR count). The van der Waals surface area contributed by atoms with E-state index in [1.165, 1.54) is 6.07 Å². The number of benzene rings is 1. The number of halogens is 3. The lowest BCUT2D eigenvalue weighted by Crippen LogP contribution is -2.48. The lowest BCUT2D eigenvalue weighted by atomic mass is 10.0. The summed E-state index contributed by atoms with van der Waals surface area (Å²) < 4.78 is 74.7. The molecule has 0 amide bonds. The smallest absolute Gasteiger partial charge is 0.388 e. The Hall–Kier alpha value is -2.92. The highest BCUT2D eigenvalue weighted by molar-refractivity contribution is 7.89. The number of hydrogen-bond acceptors (Lipinski definition) is 8. The van der Waals surface area contributed by atoms with Gasteiger partial charge in [-0.05, 0) is 18.2 Å². The van der Waals surface area contributed by atoms with E-state index in [2.05, 4.69) is 9.72 Å². The average Bonchev–Trinajstić information content (AvgIpc) is 3.05. The van der Waals surface area contributed by atoms with Crippen LogP contribution < -0.4 is 9.47 Å². The first kappa shape index (κ1) is 22.8. The van der Waals surface area contributed by atoms with E-state index in [1.54, 1.807) is 6.07 Å². The van der Waals surface area contributed by atoms with Gasteiger partial charge in [-0.15, -0.1) is 0 Å². The van der Waals surface area contributed by atoms with Gasteiger partial charge in [-0.3, -0.25) is 0 Å². The fourth-order valence-corrected chi connectivity index (χ4v) is 4.41. The van der Waals surface area contributed by atoms with Gasteiger partial charge in [0.25, 0.3) is 10.0 Å². The molecule has 9 nitrogen and oxygen atoms in total. The topological polar surface area (TPSA) is 133 Å². The molecule has 166 valence electrons. The molecule has 1 aliphatic heterocycles. The number of sulfonamides is 1. The van der Waals surface area contributed by atoms with Crippen molar-refractivity contribution in [1.82, 2.24) is 9.29 Å². The second-order valence-electron chi connectivity index (χ2n) is 6.61. The molecular formula is C18H16F3N3O6S. The van der Waals surface area contributed by atoms with E-state index in [4.69, 9.17) is 10.00 Å². The van der Waals surface area contributed by atoms with E-state index >= 15 is 0 Å². The third kappa shape index (κ3) is 4.72. The van der Waals surface area contributed by atoms with Crippen LogP contribution in [0.25, 0.3) is 0 Å². The normalized spacial score (nSPS) is 21.8. The third-order valence-electron chi connectivity index (χ3n) is 4.54. The molecule has 2 aromatic rings. The molecule has 0 radical (unpaired) electrons. The van der Waals surface area contributed by atoms with Gasteiger partial charge in [0.15, 0.2) is 5.03 Å². The summed E-state index contributed by atoms with van der Waals surface area (Å²) >= 11 is 0. The maximum atomic E-state index is 13.8. The molecule has 0 spiro atoms. The minimum Gasteiger partial charge on any atom is -0.486 e. The van der Waals surface area contributed by atoms with Crippen molar-refractivity contribution in [3.05, 3.63) is 47.8 Å². The molecule has 1 fully saturated rings. The molecule has 1 aromatic heterocycles. The number of ether oxygens (including phenoxy) is 2. The minimum atomic E-state index is -4.39. The standard InChI is InChI=1S/C18H16F3N3O6S/c19-13-6-12(5-4-11(13)7-22)29-14-8-24(9-18(14,26)10-25)31(27,28)16-3-1-2-15(23-16)30-17(20)21/h1-6,14,17,25-26H,8-10H2/t14?,18-/m1/s1. The molecular weight excluding hydrogens is 443 g/mol. The Balaban J connectivity index is 1.85. The number of aliphatic hydroxyl groups is 2. The summed E-state index contributed by atoms with van der Waals surface area (Å²) in [5, 5.41) is 28.5. The first-order chi connectivity index (χ1) is 14.6. The summed E-state index contributed by atoms with van der Waals surface area (Å²) in [7, 11) is -4.39. The Bertz CT molecular complexity index is 1110. The molecule has 0 bridgehead atoms. The number of alkyl halides is 2. The number of nitriles is 1. The lowest BCUT2D eigenvalue weighted by Gasteiger charge is -2.27. The first-order valence-electron chi connectivity index (χ1n) is 8.70. The van der Waals surface area contributed by atoms with Gasteiger partial charge in [0.05, 0.1) is 18.7 Å². The highest BCUT2D eigenvalue weighted by Gasteiger charge is 2.51. The van der Waals surface area contributed by atoms with Gasteiger partial charge in [-0.2, -0.15) is 18.3 Å². The molecule has 1 aliphatic rings. The second kappa shape index (κ2) is 8.67. The van der Waals surface area contributed by atoms with Crippen LogP contribution in [0.1, 0.15) is 5.56 Å². The van der Waals surface area contributed by atoms with Gasteiger partial charge in [0, 0.05) is 18.7 Å². The largest absolute Gasteiger partial charge is 0.486 e. The minimum absolute atomic E-state index is 0.0990. The van der Waals surface area contributed by atoms with Crippen molar-refractivity contribution in [2.24, 2.45) is 0 Å².